The predicted molar refractivity (Wildman–Crippen MR) is 46.0 cm³/mol. The molecule has 14 heavy (non-hydrogen) atoms. The molecule has 0 amide bonds. The number of rotatable bonds is 3. The number of benzene rings is 1. The molecule has 0 unspecified atom stereocenters. The van der Waals surface area contributed by atoms with Gasteiger partial charge in [0.15, 0.2) is 17.3 Å². The Morgan fingerprint density at radius 1 is 1.57 bits per heavy atom. The Bertz CT molecular complexity index is 362. The molecule has 0 radical (unpaired) electrons. The van der Waals surface area contributed by atoms with Gasteiger partial charge >= 0.3 is 5.97 Å². The highest BCUT2D eigenvalue weighted by Crippen LogP contribution is 2.32. The molecular formula is C9H9FO4. The Balaban J connectivity index is 3.17. The fourth-order valence-electron chi connectivity index (χ4n) is 1.12. The number of ether oxygens (including phenoxy) is 1. The van der Waals surface area contributed by atoms with Crippen LogP contribution in [0.25, 0.3) is 0 Å². The lowest BCUT2D eigenvalue weighted by molar-refractivity contribution is -0.136. The fraction of sp³-hybridized carbons (Fsp3) is 0.222. The van der Waals surface area contributed by atoms with Gasteiger partial charge in [-0.2, -0.15) is 0 Å². The molecule has 0 saturated heterocycles. The van der Waals surface area contributed by atoms with Gasteiger partial charge in [0.1, 0.15) is 0 Å². The minimum Gasteiger partial charge on any atom is -0.502 e. The van der Waals surface area contributed by atoms with Gasteiger partial charge in [0.25, 0.3) is 0 Å². The van der Waals surface area contributed by atoms with Gasteiger partial charge in [0, 0.05) is 5.56 Å². The molecule has 0 atom stereocenters. The van der Waals surface area contributed by atoms with Crippen LogP contribution in [0, 0.1) is 5.82 Å². The summed E-state index contributed by atoms with van der Waals surface area (Å²) in [5.74, 6) is -2.70. The molecule has 0 saturated carbocycles. The maximum absolute atomic E-state index is 12.8. The molecule has 0 aliphatic heterocycles. The molecule has 2 N–H and O–H groups in total. The van der Waals surface area contributed by atoms with E-state index in [9.17, 15) is 14.3 Å². The highest BCUT2D eigenvalue weighted by atomic mass is 19.1. The summed E-state index contributed by atoms with van der Waals surface area (Å²) in [4.78, 5) is 10.4. The molecule has 0 aromatic heterocycles. The van der Waals surface area contributed by atoms with Crippen molar-refractivity contribution in [1.29, 1.82) is 0 Å². The van der Waals surface area contributed by atoms with Crippen LogP contribution in [0.3, 0.4) is 0 Å². The molecule has 1 aromatic rings. The quantitative estimate of drug-likeness (QED) is 0.768. The van der Waals surface area contributed by atoms with Gasteiger partial charge in [-0.3, -0.25) is 4.79 Å². The predicted octanol–water partition coefficient (Wildman–Crippen LogP) is 1.17. The molecule has 0 heterocycles. The number of carboxylic acids is 1. The smallest absolute Gasteiger partial charge is 0.307 e. The van der Waals surface area contributed by atoms with Gasteiger partial charge in [0.05, 0.1) is 13.5 Å². The second kappa shape index (κ2) is 3.95. The number of aliphatic carboxylic acids is 1. The first-order valence-electron chi connectivity index (χ1n) is 3.82. The molecule has 1 aromatic carbocycles. The number of hydrogen-bond donors (Lipinski definition) is 2. The largest absolute Gasteiger partial charge is 0.502 e. The Kier molecular flexibility index (Phi) is 2.91. The summed E-state index contributed by atoms with van der Waals surface area (Å²) in [5.41, 5.74) is 0.235. The lowest BCUT2D eigenvalue weighted by atomic mass is 10.1. The zero-order chi connectivity index (χ0) is 10.7. The molecule has 0 aliphatic carbocycles. The molecule has 0 spiro atoms. The molecule has 0 bridgehead atoms. The van der Waals surface area contributed by atoms with Crippen LogP contribution >= 0.6 is 0 Å². The Morgan fingerprint density at radius 3 is 2.71 bits per heavy atom. The van der Waals surface area contributed by atoms with Crippen molar-refractivity contribution >= 4 is 5.97 Å². The Labute approximate surface area is 79.6 Å². The second-order valence-electron chi connectivity index (χ2n) is 2.66. The first-order chi connectivity index (χ1) is 6.56. The molecule has 76 valence electrons. The van der Waals surface area contributed by atoms with E-state index < -0.39 is 17.5 Å². The second-order valence-corrected chi connectivity index (χ2v) is 2.66. The van der Waals surface area contributed by atoms with E-state index in [1.165, 1.54) is 13.2 Å². The highest BCUT2D eigenvalue weighted by molar-refractivity contribution is 5.72. The van der Waals surface area contributed by atoms with Gasteiger partial charge in [-0.05, 0) is 6.07 Å². The first-order valence-corrected chi connectivity index (χ1v) is 3.82. The summed E-state index contributed by atoms with van der Waals surface area (Å²) in [7, 11) is 1.24. The van der Waals surface area contributed by atoms with Crippen molar-refractivity contribution < 1.29 is 24.1 Å². The van der Waals surface area contributed by atoms with Crippen molar-refractivity contribution in [2.75, 3.05) is 7.11 Å². The lowest BCUT2D eigenvalue weighted by Crippen LogP contribution is -2.02. The van der Waals surface area contributed by atoms with Gasteiger partial charge < -0.3 is 14.9 Å². The minimum atomic E-state index is -1.07. The van der Waals surface area contributed by atoms with E-state index in [1.54, 1.807) is 0 Å². The van der Waals surface area contributed by atoms with E-state index in [2.05, 4.69) is 0 Å². The molecule has 0 fully saturated rings. The Morgan fingerprint density at radius 2 is 2.21 bits per heavy atom. The molecule has 5 heteroatoms. The molecule has 4 nitrogen and oxygen atoms in total. The van der Waals surface area contributed by atoms with Crippen LogP contribution in [-0.2, 0) is 11.2 Å². The maximum atomic E-state index is 12.8. The summed E-state index contributed by atoms with van der Waals surface area (Å²) in [6.45, 7) is 0. The Hall–Kier alpha value is -1.78. The minimum absolute atomic E-state index is 0.132. The topological polar surface area (TPSA) is 66.8 Å². The van der Waals surface area contributed by atoms with Crippen molar-refractivity contribution in [3.8, 4) is 11.5 Å². The number of hydrogen-bond acceptors (Lipinski definition) is 3. The standard InChI is InChI=1S/C9H9FO4/c1-14-9-5(4-7(11)12)2-3-6(10)8(9)13/h2-3,13H,4H2,1H3,(H,11,12). The van der Waals surface area contributed by atoms with Crippen molar-refractivity contribution in [2.24, 2.45) is 0 Å². The third kappa shape index (κ3) is 1.93. The summed E-state index contributed by atoms with van der Waals surface area (Å²) < 4.78 is 17.5. The zero-order valence-corrected chi connectivity index (χ0v) is 7.45. The van der Waals surface area contributed by atoms with E-state index >= 15 is 0 Å². The number of phenols is 1. The third-order valence-electron chi connectivity index (χ3n) is 1.71. The van der Waals surface area contributed by atoms with E-state index in [-0.39, 0.29) is 17.7 Å². The first kappa shape index (κ1) is 10.3. The van der Waals surface area contributed by atoms with E-state index in [4.69, 9.17) is 9.84 Å². The maximum Gasteiger partial charge on any atom is 0.307 e. The van der Waals surface area contributed by atoms with E-state index in [1.807, 2.05) is 0 Å². The summed E-state index contributed by atoms with van der Waals surface area (Å²) in [5, 5.41) is 17.7. The van der Waals surface area contributed by atoms with Crippen LogP contribution in [0.2, 0.25) is 0 Å². The number of carbonyl (C=O) groups is 1. The van der Waals surface area contributed by atoms with Gasteiger partial charge in [0.2, 0.25) is 0 Å². The molecule has 1 rings (SSSR count). The summed E-state index contributed by atoms with van der Waals surface area (Å²) in [6.07, 6.45) is -0.322. The van der Waals surface area contributed by atoms with Crippen molar-refractivity contribution in [1.82, 2.24) is 0 Å². The molecule has 0 aliphatic rings. The highest BCUT2D eigenvalue weighted by Gasteiger charge is 2.14. The number of halogens is 1. The number of methoxy groups -OCH3 is 1. The zero-order valence-electron chi connectivity index (χ0n) is 7.45. The lowest BCUT2D eigenvalue weighted by Gasteiger charge is -2.08. The van der Waals surface area contributed by atoms with Crippen LogP contribution in [0.5, 0.6) is 11.5 Å². The van der Waals surface area contributed by atoms with Crippen LogP contribution in [0.4, 0.5) is 4.39 Å². The van der Waals surface area contributed by atoms with Gasteiger partial charge in [-0.15, -0.1) is 0 Å². The number of aromatic hydroxyl groups is 1. The van der Waals surface area contributed by atoms with Crippen molar-refractivity contribution in [3.05, 3.63) is 23.5 Å². The van der Waals surface area contributed by atoms with Gasteiger partial charge in [-0.25, -0.2) is 4.39 Å². The normalized spacial score (nSPS) is 9.86. The van der Waals surface area contributed by atoms with E-state index in [0.29, 0.717) is 0 Å². The average Bonchev–Trinajstić information content (AvgIpc) is 2.11. The summed E-state index contributed by atoms with van der Waals surface area (Å²) in [6, 6.07) is 2.26. The van der Waals surface area contributed by atoms with Crippen molar-refractivity contribution in [3.63, 3.8) is 0 Å². The van der Waals surface area contributed by atoms with Gasteiger partial charge in [-0.1, -0.05) is 6.07 Å². The van der Waals surface area contributed by atoms with Crippen LogP contribution < -0.4 is 4.74 Å². The van der Waals surface area contributed by atoms with Crippen LogP contribution in [-0.4, -0.2) is 23.3 Å². The fourth-order valence-corrected chi connectivity index (χ4v) is 1.12. The monoisotopic (exact) mass is 200 g/mol. The number of phenolic OH excluding ortho intramolecular Hbond substituents is 1. The SMILES string of the molecule is COc1c(CC(=O)O)ccc(F)c1O. The molecular weight excluding hydrogens is 191 g/mol. The summed E-state index contributed by atoms with van der Waals surface area (Å²) >= 11 is 0. The van der Waals surface area contributed by atoms with E-state index in [0.717, 1.165) is 6.07 Å². The van der Waals surface area contributed by atoms with Crippen molar-refractivity contribution in [2.45, 2.75) is 6.42 Å². The third-order valence-corrected chi connectivity index (χ3v) is 1.71. The number of carboxylic acid groups (broad SMARTS) is 1. The average molecular weight is 200 g/mol. The van der Waals surface area contributed by atoms with Crippen LogP contribution in [0.15, 0.2) is 12.1 Å². The van der Waals surface area contributed by atoms with Crippen LogP contribution in [0.1, 0.15) is 5.56 Å².